The SMILES string of the molecule is C[C@@H]1OC(=O)N(C(=O)[C@H](Cc2ccccc2)NC(=O)[C@H](Cc2ccccc2)NC(=O)CCCCCCCC(=O)N[C@@H](Cc2ccccc2)C(=O)N[C@@H](Cc2ccccc2)C(=O)N2C(=O)O[C@@H](C)[C@@H]2C(=O)O)[C@H]1C(=O)O. The molecule has 396 valence electrons. The molecule has 2 heterocycles. The Morgan fingerprint density at radius 1 is 0.440 bits per heavy atom. The summed E-state index contributed by atoms with van der Waals surface area (Å²) in [6, 6.07) is 26.7. The van der Waals surface area contributed by atoms with E-state index in [1.165, 1.54) is 13.8 Å². The van der Waals surface area contributed by atoms with Crippen LogP contribution in [0.3, 0.4) is 0 Å². The first-order chi connectivity index (χ1) is 36.0. The molecule has 2 fully saturated rings. The van der Waals surface area contributed by atoms with Crippen molar-refractivity contribution >= 4 is 59.6 Å². The van der Waals surface area contributed by atoms with E-state index in [1.54, 1.807) is 121 Å². The fourth-order valence-electron chi connectivity index (χ4n) is 9.02. The molecular formula is C55H62N6O14. The van der Waals surface area contributed by atoms with E-state index in [9.17, 15) is 58.2 Å². The van der Waals surface area contributed by atoms with Crippen LogP contribution in [0.25, 0.3) is 0 Å². The molecule has 0 aliphatic carbocycles. The zero-order valence-corrected chi connectivity index (χ0v) is 41.6. The second-order valence-corrected chi connectivity index (χ2v) is 18.5. The van der Waals surface area contributed by atoms with Crippen LogP contribution in [-0.4, -0.2) is 128 Å². The van der Waals surface area contributed by atoms with Crippen LogP contribution in [0.2, 0.25) is 0 Å². The fourth-order valence-corrected chi connectivity index (χ4v) is 9.02. The van der Waals surface area contributed by atoms with Crippen molar-refractivity contribution in [3.63, 3.8) is 0 Å². The Labute approximate surface area is 433 Å². The minimum atomic E-state index is -1.62. The number of cyclic esters (lactones) is 2. The highest BCUT2D eigenvalue weighted by Gasteiger charge is 2.51. The normalized spacial score (nSPS) is 18.6. The number of rotatable bonds is 26. The Kier molecular flexibility index (Phi) is 20.1. The third-order valence-electron chi connectivity index (χ3n) is 12.9. The predicted octanol–water partition coefficient (Wildman–Crippen LogP) is 4.27. The number of nitrogens with zero attached hydrogens (tertiary/aromatic N) is 2. The number of benzene rings is 4. The highest BCUT2D eigenvalue weighted by molar-refractivity contribution is 6.04. The summed E-state index contributed by atoms with van der Waals surface area (Å²) < 4.78 is 10.2. The number of carbonyl (C=O) groups excluding carboxylic acids is 8. The van der Waals surface area contributed by atoms with E-state index in [1.807, 2.05) is 0 Å². The number of carbonyl (C=O) groups is 10. The van der Waals surface area contributed by atoms with E-state index >= 15 is 0 Å². The summed E-state index contributed by atoms with van der Waals surface area (Å²) in [7, 11) is 0. The van der Waals surface area contributed by atoms with Crippen LogP contribution in [0, 0.1) is 0 Å². The summed E-state index contributed by atoms with van der Waals surface area (Å²) in [5, 5.41) is 30.7. The lowest BCUT2D eigenvalue weighted by Gasteiger charge is -2.27. The molecule has 20 nitrogen and oxygen atoms in total. The number of hydrogen-bond acceptors (Lipinski definition) is 12. The van der Waals surface area contributed by atoms with Gasteiger partial charge in [0.15, 0.2) is 12.1 Å². The van der Waals surface area contributed by atoms with Gasteiger partial charge in [-0.1, -0.05) is 141 Å². The number of hydrogen-bond donors (Lipinski definition) is 6. The second-order valence-electron chi connectivity index (χ2n) is 18.5. The molecule has 0 saturated carbocycles. The third-order valence-corrected chi connectivity index (χ3v) is 12.9. The minimum absolute atomic E-state index is 0.0439. The Morgan fingerprint density at radius 2 is 0.720 bits per heavy atom. The summed E-state index contributed by atoms with van der Waals surface area (Å²) in [4.78, 5) is 134. The van der Waals surface area contributed by atoms with Gasteiger partial charge in [0.25, 0.3) is 11.8 Å². The number of amides is 8. The maximum absolute atomic E-state index is 14.1. The number of carboxylic acid groups (broad SMARTS) is 2. The van der Waals surface area contributed by atoms with Crippen molar-refractivity contribution in [1.29, 1.82) is 0 Å². The zero-order chi connectivity index (χ0) is 54.0. The molecule has 4 aromatic rings. The van der Waals surface area contributed by atoms with E-state index in [4.69, 9.17) is 9.47 Å². The number of ether oxygens (including phenoxy) is 2. The van der Waals surface area contributed by atoms with E-state index in [2.05, 4.69) is 21.3 Å². The lowest BCUT2D eigenvalue weighted by atomic mass is 10.0. The van der Waals surface area contributed by atoms with Crippen LogP contribution in [0.5, 0.6) is 0 Å². The standard InChI is InChI=1S/C55H62N6O14/c1-34-46(52(68)69)60(54(72)74-34)50(66)42(32-38-24-14-8-15-25-38)58-48(64)40(30-36-20-10-6-11-21-36)56-44(62)28-18-4-3-5-19-29-45(63)57-41(31-37-22-12-7-13-23-37)49(65)59-43(33-39-26-16-9-17-27-39)51(67)61-47(53(70)71)35(2)75-55(61)73/h6-17,20-27,34-35,40-43,46-47H,3-5,18-19,28-33H2,1-2H3,(H,56,62)(H,57,63)(H,58,64)(H,59,65)(H,68,69)(H,70,71)/t34-,35-,40-,41-,42-,43-,46+,47+/m0/s1. The van der Waals surface area contributed by atoms with E-state index in [-0.39, 0.29) is 38.5 Å². The lowest BCUT2D eigenvalue weighted by Crippen LogP contribution is -2.58. The van der Waals surface area contributed by atoms with Gasteiger partial charge < -0.3 is 41.0 Å². The Hall–Kier alpha value is -8.42. The van der Waals surface area contributed by atoms with Gasteiger partial charge in [0, 0.05) is 38.5 Å². The minimum Gasteiger partial charge on any atom is -0.480 e. The molecule has 0 spiro atoms. The second kappa shape index (κ2) is 27.0. The van der Waals surface area contributed by atoms with E-state index in [0.717, 1.165) is 0 Å². The Balaban J connectivity index is 1.03. The number of imide groups is 2. The maximum atomic E-state index is 14.1. The first kappa shape index (κ1) is 55.9. The van der Waals surface area contributed by atoms with Crippen molar-refractivity contribution in [2.45, 2.75) is 133 Å². The van der Waals surface area contributed by atoms with Crippen molar-refractivity contribution in [3.8, 4) is 0 Å². The summed E-state index contributed by atoms with van der Waals surface area (Å²) in [5.74, 6) is -7.21. The van der Waals surface area contributed by atoms with Crippen LogP contribution in [-0.2, 0) is 73.5 Å². The summed E-state index contributed by atoms with van der Waals surface area (Å²) in [5.41, 5.74) is 2.65. The topological polar surface area (TPSA) is 284 Å². The summed E-state index contributed by atoms with van der Waals surface area (Å²) in [6.45, 7) is 2.71. The van der Waals surface area contributed by atoms with Crippen LogP contribution in [0.1, 0.15) is 81.0 Å². The highest BCUT2D eigenvalue weighted by Crippen LogP contribution is 2.24. The maximum Gasteiger partial charge on any atom is 0.417 e. The first-order valence-electron chi connectivity index (χ1n) is 24.9. The van der Waals surface area contributed by atoms with Gasteiger partial charge in [0.2, 0.25) is 23.6 Å². The van der Waals surface area contributed by atoms with E-state index < -0.39 is 108 Å². The average molecular weight is 1030 g/mol. The van der Waals surface area contributed by atoms with Gasteiger partial charge in [-0.05, 0) is 48.9 Å². The molecule has 8 amide bonds. The molecule has 20 heteroatoms. The van der Waals surface area contributed by atoms with Gasteiger partial charge in [-0.25, -0.2) is 29.0 Å². The van der Waals surface area contributed by atoms with E-state index in [0.29, 0.717) is 64.2 Å². The number of carboxylic acids is 2. The van der Waals surface area contributed by atoms with Gasteiger partial charge in [-0.15, -0.1) is 0 Å². The number of unbranched alkanes of at least 4 members (excludes halogenated alkanes) is 4. The fraction of sp³-hybridized carbons (Fsp3) is 0.382. The van der Waals surface area contributed by atoms with Crippen molar-refractivity contribution < 1.29 is 67.6 Å². The largest absolute Gasteiger partial charge is 0.480 e. The van der Waals surface area contributed by atoms with Gasteiger partial charge in [-0.2, -0.15) is 0 Å². The smallest absolute Gasteiger partial charge is 0.417 e. The molecule has 75 heavy (non-hydrogen) atoms. The van der Waals surface area contributed by atoms with Crippen LogP contribution in [0.15, 0.2) is 121 Å². The molecule has 2 saturated heterocycles. The van der Waals surface area contributed by atoms with Gasteiger partial charge in [-0.3, -0.25) is 28.8 Å². The average Bonchev–Trinajstić information content (AvgIpc) is 3.87. The highest BCUT2D eigenvalue weighted by atomic mass is 16.6. The number of aliphatic carboxylic acids is 2. The van der Waals surface area contributed by atoms with Crippen LogP contribution in [0.4, 0.5) is 9.59 Å². The van der Waals surface area contributed by atoms with Crippen molar-refractivity contribution in [1.82, 2.24) is 31.1 Å². The van der Waals surface area contributed by atoms with Crippen molar-refractivity contribution in [2.75, 3.05) is 0 Å². The third kappa shape index (κ3) is 15.8. The lowest BCUT2D eigenvalue weighted by molar-refractivity contribution is -0.148. The van der Waals surface area contributed by atoms with Gasteiger partial charge in [0.05, 0.1) is 0 Å². The monoisotopic (exact) mass is 1030 g/mol. The van der Waals surface area contributed by atoms with Crippen LogP contribution < -0.4 is 21.3 Å². The van der Waals surface area contributed by atoms with Crippen LogP contribution >= 0.6 is 0 Å². The van der Waals surface area contributed by atoms with Crippen molar-refractivity contribution in [3.05, 3.63) is 144 Å². The van der Waals surface area contributed by atoms with Crippen molar-refractivity contribution in [2.24, 2.45) is 0 Å². The molecule has 2 aliphatic heterocycles. The molecule has 0 unspecified atom stereocenters. The molecule has 6 N–H and O–H groups in total. The number of nitrogens with one attached hydrogen (secondary N) is 4. The zero-order valence-electron chi connectivity index (χ0n) is 41.6. The molecule has 6 rings (SSSR count). The molecule has 2 aliphatic rings. The first-order valence-corrected chi connectivity index (χ1v) is 24.9. The molecule has 0 radical (unpaired) electrons. The molecule has 0 aromatic heterocycles. The predicted molar refractivity (Wildman–Crippen MR) is 269 cm³/mol. The molecule has 4 aromatic carbocycles. The summed E-state index contributed by atoms with van der Waals surface area (Å²) in [6.07, 6.45) is -1.89. The molecule has 8 atom stereocenters. The molecular weight excluding hydrogens is 969 g/mol. The molecule has 0 bridgehead atoms. The Bertz CT molecular complexity index is 2480. The van der Waals surface area contributed by atoms with Gasteiger partial charge in [0.1, 0.15) is 36.4 Å². The quantitative estimate of drug-likeness (QED) is 0.0480. The Morgan fingerprint density at radius 3 is 1.01 bits per heavy atom. The van der Waals surface area contributed by atoms with Gasteiger partial charge >= 0.3 is 24.1 Å². The summed E-state index contributed by atoms with van der Waals surface area (Å²) >= 11 is 0.